The van der Waals surface area contributed by atoms with E-state index in [9.17, 15) is 13.2 Å². The highest BCUT2D eigenvalue weighted by Crippen LogP contribution is 2.36. The number of carbonyl (C=O) groups is 1. The van der Waals surface area contributed by atoms with E-state index >= 15 is 0 Å². The molecule has 0 N–H and O–H groups in total. The third-order valence-electron chi connectivity index (χ3n) is 5.53. The summed E-state index contributed by atoms with van der Waals surface area (Å²) in [6.45, 7) is 9.06. The zero-order chi connectivity index (χ0) is 20.5. The fourth-order valence-corrected chi connectivity index (χ4v) is 6.35. The first-order valence-electron chi connectivity index (χ1n) is 9.83. The van der Waals surface area contributed by atoms with Crippen molar-refractivity contribution >= 4 is 27.3 Å². The highest BCUT2D eigenvalue weighted by atomic mass is 32.2. The van der Waals surface area contributed by atoms with E-state index in [0.29, 0.717) is 25.2 Å². The fraction of sp³-hybridized carbons (Fsp3) is 0.476. The Bertz CT molecular complexity index is 962. The topological polar surface area (TPSA) is 57.7 Å². The zero-order valence-corrected chi connectivity index (χ0v) is 18.6. The first kappa shape index (κ1) is 21.0. The highest BCUT2D eigenvalue weighted by molar-refractivity contribution is 7.89. The van der Waals surface area contributed by atoms with E-state index in [2.05, 4.69) is 18.4 Å². The predicted molar refractivity (Wildman–Crippen MR) is 113 cm³/mol. The number of rotatable bonds is 6. The summed E-state index contributed by atoms with van der Waals surface area (Å²) >= 11 is 1.75. The summed E-state index contributed by atoms with van der Waals surface area (Å²) in [6, 6.07) is 7.06. The molecule has 0 aliphatic carbocycles. The Morgan fingerprint density at radius 1 is 1.21 bits per heavy atom. The van der Waals surface area contributed by atoms with Gasteiger partial charge in [-0.25, -0.2) is 8.42 Å². The predicted octanol–water partition coefficient (Wildman–Crippen LogP) is 4.24. The van der Waals surface area contributed by atoms with Gasteiger partial charge in [0, 0.05) is 30.1 Å². The first-order chi connectivity index (χ1) is 13.3. The third-order valence-corrected chi connectivity index (χ3v) is 8.57. The van der Waals surface area contributed by atoms with Crippen molar-refractivity contribution in [3.05, 3.63) is 51.2 Å². The van der Waals surface area contributed by atoms with E-state index in [1.165, 1.54) is 14.7 Å². The zero-order valence-electron chi connectivity index (χ0n) is 16.9. The molecule has 28 heavy (non-hydrogen) atoms. The summed E-state index contributed by atoms with van der Waals surface area (Å²) in [5.74, 6) is -0.0854. The smallest absolute Gasteiger partial charge is 0.254 e. The minimum atomic E-state index is -3.60. The normalized spacial score (nSPS) is 17.0. The molecule has 1 aliphatic rings. The number of fused-ring (bicyclic) bond motifs is 1. The van der Waals surface area contributed by atoms with Gasteiger partial charge in [-0.3, -0.25) is 4.79 Å². The van der Waals surface area contributed by atoms with Crippen molar-refractivity contribution in [2.24, 2.45) is 0 Å². The van der Waals surface area contributed by atoms with E-state index in [1.807, 2.05) is 25.7 Å². The lowest BCUT2D eigenvalue weighted by Gasteiger charge is -2.36. The molecule has 1 atom stereocenters. The van der Waals surface area contributed by atoms with Gasteiger partial charge in [-0.15, -0.1) is 11.3 Å². The Morgan fingerprint density at radius 2 is 1.93 bits per heavy atom. The van der Waals surface area contributed by atoms with Crippen LogP contribution >= 0.6 is 11.3 Å². The second kappa shape index (κ2) is 8.35. The van der Waals surface area contributed by atoms with Gasteiger partial charge in [-0.05, 0) is 54.5 Å². The number of carbonyl (C=O) groups excluding carboxylic acids is 1. The number of thiophene rings is 1. The van der Waals surface area contributed by atoms with Crippen molar-refractivity contribution in [2.45, 2.75) is 51.5 Å². The average Bonchev–Trinajstić information content (AvgIpc) is 3.16. The van der Waals surface area contributed by atoms with Gasteiger partial charge in [0.05, 0.1) is 10.9 Å². The number of hydrogen-bond donors (Lipinski definition) is 0. The van der Waals surface area contributed by atoms with Crippen LogP contribution < -0.4 is 0 Å². The lowest BCUT2D eigenvalue weighted by molar-refractivity contribution is 0.0656. The number of hydrogen-bond acceptors (Lipinski definition) is 4. The maximum Gasteiger partial charge on any atom is 0.254 e. The van der Waals surface area contributed by atoms with E-state index in [1.54, 1.807) is 29.5 Å². The lowest BCUT2D eigenvalue weighted by Crippen LogP contribution is -2.39. The van der Waals surface area contributed by atoms with Crippen LogP contribution in [0, 0.1) is 6.92 Å². The van der Waals surface area contributed by atoms with E-state index < -0.39 is 10.0 Å². The Hall–Kier alpha value is -1.70. The Morgan fingerprint density at radius 3 is 2.57 bits per heavy atom. The number of aryl methyl sites for hydroxylation is 1. The van der Waals surface area contributed by atoms with Gasteiger partial charge in [0.25, 0.3) is 5.91 Å². The molecule has 7 heteroatoms. The van der Waals surface area contributed by atoms with Gasteiger partial charge in [0.2, 0.25) is 10.0 Å². The van der Waals surface area contributed by atoms with Gasteiger partial charge in [0.15, 0.2) is 0 Å². The molecule has 0 bridgehead atoms. The molecule has 1 unspecified atom stereocenters. The summed E-state index contributed by atoms with van der Waals surface area (Å²) < 4.78 is 27.2. The van der Waals surface area contributed by atoms with Crippen molar-refractivity contribution in [1.29, 1.82) is 0 Å². The molecule has 152 valence electrons. The summed E-state index contributed by atoms with van der Waals surface area (Å²) in [6.07, 6.45) is 1.69. The Balaban J connectivity index is 1.99. The van der Waals surface area contributed by atoms with E-state index in [-0.39, 0.29) is 16.8 Å². The molecule has 0 radical (unpaired) electrons. The van der Waals surface area contributed by atoms with Crippen molar-refractivity contribution in [1.82, 2.24) is 9.21 Å². The largest absolute Gasteiger partial charge is 0.331 e. The molecule has 3 rings (SSSR count). The molecule has 0 fully saturated rings. The van der Waals surface area contributed by atoms with Gasteiger partial charge in [-0.1, -0.05) is 26.8 Å². The molecule has 2 heterocycles. The second-order valence-corrected chi connectivity index (χ2v) is 9.98. The molecule has 1 amide bonds. The van der Waals surface area contributed by atoms with Crippen LogP contribution in [-0.2, 0) is 16.4 Å². The summed E-state index contributed by atoms with van der Waals surface area (Å²) in [5, 5.41) is 2.09. The number of benzene rings is 1. The Kier molecular flexibility index (Phi) is 6.27. The van der Waals surface area contributed by atoms with Crippen molar-refractivity contribution in [3.8, 4) is 0 Å². The molecule has 0 saturated carbocycles. The average molecular weight is 421 g/mol. The Labute approximate surface area is 172 Å². The molecule has 0 saturated heterocycles. The maximum atomic E-state index is 13.4. The molecule has 1 aromatic carbocycles. The van der Waals surface area contributed by atoms with Crippen LogP contribution in [0.5, 0.6) is 0 Å². The number of amides is 1. The SMILES string of the molecule is CCC1c2ccsc2CCN1C(=O)c1cc(S(=O)(=O)N(CC)CC)ccc1C. The summed E-state index contributed by atoms with van der Waals surface area (Å²) in [5.41, 5.74) is 2.51. The van der Waals surface area contributed by atoms with Gasteiger partial charge in [0.1, 0.15) is 0 Å². The van der Waals surface area contributed by atoms with Gasteiger partial charge in [-0.2, -0.15) is 4.31 Å². The number of nitrogens with zero attached hydrogens (tertiary/aromatic N) is 2. The maximum absolute atomic E-state index is 13.4. The molecular formula is C21H28N2O3S2. The van der Waals surface area contributed by atoms with Crippen LogP contribution in [0.2, 0.25) is 0 Å². The first-order valence-corrected chi connectivity index (χ1v) is 12.1. The van der Waals surface area contributed by atoms with E-state index in [4.69, 9.17) is 0 Å². The van der Waals surface area contributed by atoms with Crippen molar-refractivity contribution < 1.29 is 13.2 Å². The lowest BCUT2D eigenvalue weighted by atomic mass is 9.96. The van der Waals surface area contributed by atoms with Crippen LogP contribution in [-0.4, -0.2) is 43.2 Å². The second-order valence-electron chi connectivity index (χ2n) is 7.04. The van der Waals surface area contributed by atoms with Crippen LogP contribution in [0.1, 0.15) is 59.6 Å². The third kappa shape index (κ3) is 3.63. The van der Waals surface area contributed by atoms with E-state index in [0.717, 1.165) is 18.4 Å². The van der Waals surface area contributed by atoms with Gasteiger partial charge < -0.3 is 4.90 Å². The molecule has 2 aromatic rings. The molecular weight excluding hydrogens is 392 g/mol. The number of sulfonamides is 1. The molecule has 1 aromatic heterocycles. The highest BCUT2D eigenvalue weighted by Gasteiger charge is 2.32. The van der Waals surface area contributed by atoms with Crippen molar-refractivity contribution in [2.75, 3.05) is 19.6 Å². The monoisotopic (exact) mass is 420 g/mol. The summed E-state index contributed by atoms with van der Waals surface area (Å²) in [4.78, 5) is 16.9. The molecule has 0 spiro atoms. The van der Waals surface area contributed by atoms with Crippen LogP contribution in [0.3, 0.4) is 0 Å². The minimum Gasteiger partial charge on any atom is -0.331 e. The van der Waals surface area contributed by atoms with Crippen LogP contribution in [0.4, 0.5) is 0 Å². The van der Waals surface area contributed by atoms with Gasteiger partial charge >= 0.3 is 0 Å². The molecule has 1 aliphatic heterocycles. The fourth-order valence-electron chi connectivity index (χ4n) is 3.94. The summed E-state index contributed by atoms with van der Waals surface area (Å²) in [7, 11) is -3.60. The molecule has 5 nitrogen and oxygen atoms in total. The standard InChI is InChI=1S/C21H28N2O3S2/c1-5-19-17-11-13-27-20(17)10-12-23(19)21(24)18-14-16(9-8-15(18)4)28(25,26)22(6-2)7-3/h8-9,11,13-14,19H,5-7,10,12H2,1-4H3. The minimum absolute atomic E-state index is 0.0462. The van der Waals surface area contributed by atoms with Crippen LogP contribution in [0.15, 0.2) is 34.5 Å². The van der Waals surface area contributed by atoms with Crippen molar-refractivity contribution in [3.63, 3.8) is 0 Å². The van der Waals surface area contributed by atoms with Crippen LogP contribution in [0.25, 0.3) is 0 Å². The quantitative estimate of drug-likeness (QED) is 0.702.